The highest BCUT2D eigenvalue weighted by Gasteiger charge is 2.27. The standard InChI is InChI=1S/C25H21ClN4O4S/c1-34-21-13-11-20(12-14-21)30(35(32,33)22-8-3-2-4-9-22)17-24(31)29-27-16-19-15-18-7-5-6-10-23(18)28-25(19)26/h2-16H,17H2,1H3,(H,29,31)/b27-16-. The first-order chi connectivity index (χ1) is 16.9. The summed E-state index contributed by atoms with van der Waals surface area (Å²) >= 11 is 6.22. The third-order valence-electron chi connectivity index (χ3n) is 5.08. The fraction of sp³-hybridized carbons (Fsp3) is 0.0800. The van der Waals surface area contributed by atoms with Gasteiger partial charge in [0.15, 0.2) is 0 Å². The summed E-state index contributed by atoms with van der Waals surface area (Å²) in [6.45, 7) is -0.495. The van der Waals surface area contributed by atoms with Crippen molar-refractivity contribution in [3.05, 3.63) is 95.6 Å². The van der Waals surface area contributed by atoms with Crippen LogP contribution in [0.25, 0.3) is 10.9 Å². The van der Waals surface area contributed by atoms with Crippen LogP contribution in [0.4, 0.5) is 5.69 Å². The molecule has 0 aliphatic rings. The van der Waals surface area contributed by atoms with Crippen molar-refractivity contribution in [1.82, 2.24) is 10.4 Å². The van der Waals surface area contributed by atoms with E-state index < -0.39 is 22.5 Å². The molecule has 8 nitrogen and oxygen atoms in total. The molecule has 0 aliphatic carbocycles. The minimum Gasteiger partial charge on any atom is -0.497 e. The molecule has 0 unspecified atom stereocenters. The fourth-order valence-corrected chi connectivity index (χ4v) is 4.96. The minimum absolute atomic E-state index is 0.0566. The molecule has 178 valence electrons. The number of rotatable bonds is 8. The molecule has 0 aliphatic heterocycles. The van der Waals surface area contributed by atoms with Crippen molar-refractivity contribution in [1.29, 1.82) is 0 Å². The molecule has 0 spiro atoms. The van der Waals surface area contributed by atoms with Gasteiger partial charge in [-0.05, 0) is 48.5 Å². The highest BCUT2D eigenvalue weighted by molar-refractivity contribution is 7.92. The number of hydrogen-bond acceptors (Lipinski definition) is 6. The van der Waals surface area contributed by atoms with Crippen molar-refractivity contribution in [2.45, 2.75) is 4.90 Å². The van der Waals surface area contributed by atoms with Crippen molar-refractivity contribution >= 4 is 50.3 Å². The van der Waals surface area contributed by atoms with E-state index >= 15 is 0 Å². The second-order valence-electron chi connectivity index (χ2n) is 7.38. The fourth-order valence-electron chi connectivity index (χ4n) is 3.32. The average molecular weight is 509 g/mol. The summed E-state index contributed by atoms with van der Waals surface area (Å²) in [5.74, 6) is -0.0813. The molecule has 0 bridgehead atoms. The third-order valence-corrected chi connectivity index (χ3v) is 7.17. The van der Waals surface area contributed by atoms with E-state index in [1.165, 1.54) is 25.5 Å². The average Bonchev–Trinajstić information content (AvgIpc) is 2.88. The number of carbonyl (C=O) groups excluding carboxylic acids is 1. The van der Waals surface area contributed by atoms with E-state index in [1.807, 2.05) is 24.3 Å². The Morgan fingerprint density at radius 1 is 1.06 bits per heavy atom. The highest BCUT2D eigenvalue weighted by Crippen LogP contribution is 2.25. The monoisotopic (exact) mass is 508 g/mol. The summed E-state index contributed by atoms with van der Waals surface area (Å²) in [7, 11) is -2.52. The normalized spacial score (nSPS) is 11.5. The summed E-state index contributed by atoms with van der Waals surface area (Å²) in [5.41, 5.74) is 3.91. The van der Waals surface area contributed by atoms with Crippen LogP contribution in [0, 0.1) is 0 Å². The van der Waals surface area contributed by atoms with Crippen LogP contribution < -0.4 is 14.5 Å². The van der Waals surface area contributed by atoms with E-state index in [-0.39, 0.29) is 10.0 Å². The minimum atomic E-state index is -4.03. The quantitative estimate of drug-likeness (QED) is 0.218. The lowest BCUT2D eigenvalue weighted by Crippen LogP contribution is -2.39. The zero-order valence-corrected chi connectivity index (χ0v) is 20.2. The van der Waals surface area contributed by atoms with Crippen LogP contribution in [0.5, 0.6) is 5.75 Å². The van der Waals surface area contributed by atoms with Gasteiger partial charge >= 0.3 is 0 Å². The Hall–Kier alpha value is -3.95. The number of hydrogen-bond donors (Lipinski definition) is 1. The number of benzene rings is 3. The number of fused-ring (bicyclic) bond motifs is 1. The summed E-state index contributed by atoms with van der Waals surface area (Å²) in [6, 6.07) is 23.5. The molecule has 0 radical (unpaired) electrons. The van der Waals surface area contributed by atoms with Gasteiger partial charge in [0.05, 0.1) is 29.4 Å². The summed E-state index contributed by atoms with van der Waals surface area (Å²) in [5, 5.41) is 5.04. The zero-order valence-electron chi connectivity index (χ0n) is 18.6. The number of pyridine rings is 1. The van der Waals surface area contributed by atoms with E-state index in [9.17, 15) is 13.2 Å². The molecule has 1 aromatic heterocycles. The Morgan fingerprint density at radius 2 is 1.74 bits per heavy atom. The molecule has 0 saturated heterocycles. The van der Waals surface area contributed by atoms with Gasteiger partial charge in [0.1, 0.15) is 17.4 Å². The third kappa shape index (κ3) is 5.59. The van der Waals surface area contributed by atoms with Gasteiger partial charge in [-0.3, -0.25) is 9.10 Å². The number of ether oxygens (including phenoxy) is 1. The van der Waals surface area contributed by atoms with Crippen LogP contribution in [0.2, 0.25) is 5.15 Å². The van der Waals surface area contributed by atoms with E-state index in [0.29, 0.717) is 17.0 Å². The predicted molar refractivity (Wildman–Crippen MR) is 136 cm³/mol. The number of carbonyl (C=O) groups is 1. The van der Waals surface area contributed by atoms with Crippen LogP contribution in [-0.2, 0) is 14.8 Å². The molecule has 4 rings (SSSR count). The molecular weight excluding hydrogens is 488 g/mol. The van der Waals surface area contributed by atoms with Crippen LogP contribution in [-0.4, -0.2) is 39.2 Å². The van der Waals surface area contributed by atoms with E-state index in [0.717, 1.165) is 15.2 Å². The van der Waals surface area contributed by atoms with Gasteiger partial charge in [-0.2, -0.15) is 5.10 Å². The maximum absolute atomic E-state index is 13.3. The van der Waals surface area contributed by atoms with Crippen molar-refractivity contribution < 1.29 is 17.9 Å². The SMILES string of the molecule is COc1ccc(N(CC(=O)N/N=C\c2cc3ccccc3nc2Cl)S(=O)(=O)c2ccccc2)cc1. The van der Waals surface area contributed by atoms with Crippen molar-refractivity contribution in [3.63, 3.8) is 0 Å². The molecule has 4 aromatic rings. The Morgan fingerprint density at radius 3 is 2.46 bits per heavy atom. The molecule has 0 atom stereocenters. The topological polar surface area (TPSA) is 101 Å². The number of para-hydroxylation sites is 1. The summed E-state index contributed by atoms with van der Waals surface area (Å²) in [4.78, 5) is 17.1. The van der Waals surface area contributed by atoms with Crippen LogP contribution in [0.3, 0.4) is 0 Å². The van der Waals surface area contributed by atoms with Gasteiger partial charge in [-0.1, -0.05) is 48.0 Å². The second kappa shape index (κ2) is 10.5. The Balaban J connectivity index is 1.56. The van der Waals surface area contributed by atoms with Gasteiger partial charge in [0, 0.05) is 10.9 Å². The number of nitrogens with zero attached hydrogens (tertiary/aromatic N) is 3. The summed E-state index contributed by atoms with van der Waals surface area (Å²) < 4.78 is 32.8. The number of halogens is 1. The van der Waals surface area contributed by atoms with Gasteiger partial charge < -0.3 is 4.74 Å². The molecule has 10 heteroatoms. The van der Waals surface area contributed by atoms with Gasteiger partial charge in [0.25, 0.3) is 15.9 Å². The summed E-state index contributed by atoms with van der Waals surface area (Å²) in [6.07, 6.45) is 1.36. The predicted octanol–water partition coefficient (Wildman–Crippen LogP) is 4.24. The van der Waals surface area contributed by atoms with Gasteiger partial charge in [-0.25, -0.2) is 18.8 Å². The second-order valence-corrected chi connectivity index (χ2v) is 9.60. The van der Waals surface area contributed by atoms with Crippen LogP contribution >= 0.6 is 11.6 Å². The molecule has 0 saturated carbocycles. The maximum Gasteiger partial charge on any atom is 0.264 e. The van der Waals surface area contributed by atoms with Crippen molar-refractivity contribution in [2.75, 3.05) is 18.0 Å². The number of aromatic nitrogens is 1. The number of nitrogens with one attached hydrogen (secondary N) is 1. The number of anilines is 1. The van der Waals surface area contributed by atoms with Crippen molar-refractivity contribution in [3.8, 4) is 5.75 Å². The lowest BCUT2D eigenvalue weighted by Gasteiger charge is -2.23. The molecule has 1 amide bonds. The van der Waals surface area contributed by atoms with Gasteiger partial charge in [0.2, 0.25) is 0 Å². The van der Waals surface area contributed by atoms with E-state index in [1.54, 1.807) is 48.5 Å². The molecule has 1 heterocycles. The van der Waals surface area contributed by atoms with Crippen LogP contribution in [0.15, 0.2) is 94.9 Å². The molecule has 3 aromatic carbocycles. The van der Waals surface area contributed by atoms with Gasteiger partial charge in [-0.15, -0.1) is 0 Å². The molecular formula is C25H21ClN4O4S. The van der Waals surface area contributed by atoms with E-state index in [2.05, 4.69) is 15.5 Å². The number of methoxy groups -OCH3 is 1. The highest BCUT2D eigenvalue weighted by atomic mass is 35.5. The lowest BCUT2D eigenvalue weighted by molar-refractivity contribution is -0.119. The first-order valence-corrected chi connectivity index (χ1v) is 12.3. The largest absolute Gasteiger partial charge is 0.497 e. The maximum atomic E-state index is 13.3. The van der Waals surface area contributed by atoms with Crippen molar-refractivity contribution in [2.24, 2.45) is 5.10 Å². The number of amides is 1. The van der Waals surface area contributed by atoms with E-state index in [4.69, 9.17) is 16.3 Å². The lowest BCUT2D eigenvalue weighted by atomic mass is 10.2. The zero-order chi connectivity index (χ0) is 24.8. The van der Waals surface area contributed by atoms with Crippen LogP contribution in [0.1, 0.15) is 5.56 Å². The Bertz CT molecular complexity index is 1480. The first-order valence-electron chi connectivity index (χ1n) is 10.5. The molecule has 35 heavy (non-hydrogen) atoms. The number of sulfonamides is 1. The Kier molecular flexibility index (Phi) is 7.28. The molecule has 1 N–H and O–H groups in total. The smallest absolute Gasteiger partial charge is 0.264 e. The Labute approximate surface area is 207 Å². The number of hydrazone groups is 1. The first kappa shape index (κ1) is 24.2. The molecule has 0 fully saturated rings.